The second-order valence-electron chi connectivity index (χ2n) is 5.82. The molecule has 0 radical (unpaired) electrons. The van der Waals surface area contributed by atoms with Gasteiger partial charge in [-0.2, -0.15) is 0 Å². The summed E-state index contributed by atoms with van der Waals surface area (Å²) in [5.41, 5.74) is 1.37. The molecule has 1 aliphatic rings. The molecule has 3 rings (SSSR count). The van der Waals surface area contributed by atoms with Crippen molar-refractivity contribution in [2.45, 2.75) is 25.8 Å². The maximum absolute atomic E-state index is 13.6. The lowest BCUT2D eigenvalue weighted by atomic mass is 10.1. The summed E-state index contributed by atoms with van der Waals surface area (Å²) in [5, 5.41) is 3.29. The average molecular weight is 364 g/mol. The van der Waals surface area contributed by atoms with Crippen LogP contribution in [0.15, 0.2) is 36.4 Å². The summed E-state index contributed by atoms with van der Waals surface area (Å²) in [7, 11) is 0. The lowest BCUT2D eigenvalue weighted by Crippen LogP contribution is -2.23. The number of hydrogen-bond donors (Lipinski definition) is 1. The third kappa shape index (κ3) is 4.63. The first kappa shape index (κ1) is 17.5. The van der Waals surface area contributed by atoms with Crippen molar-refractivity contribution in [3.05, 3.63) is 58.4 Å². The number of hydrogen-bond acceptors (Lipinski definition) is 3. The Labute approximate surface area is 150 Å². The highest BCUT2D eigenvalue weighted by Gasteiger charge is 2.16. The summed E-state index contributed by atoms with van der Waals surface area (Å²) >= 11 is 6.23. The van der Waals surface area contributed by atoms with Crippen molar-refractivity contribution in [1.29, 1.82) is 0 Å². The Hall–Kier alpha value is -2.27. The summed E-state index contributed by atoms with van der Waals surface area (Å²) in [6.45, 7) is 1.47. The number of amides is 1. The molecular formula is C19H19ClFNO3. The number of benzene rings is 2. The Bertz CT molecular complexity index is 766. The van der Waals surface area contributed by atoms with E-state index in [1.165, 1.54) is 6.07 Å². The monoisotopic (exact) mass is 363 g/mol. The molecule has 0 fully saturated rings. The predicted molar refractivity (Wildman–Crippen MR) is 93.6 cm³/mol. The van der Waals surface area contributed by atoms with Gasteiger partial charge in [-0.1, -0.05) is 29.8 Å². The fraction of sp³-hybridized carbons (Fsp3) is 0.316. The van der Waals surface area contributed by atoms with Crippen LogP contribution in [0.25, 0.3) is 0 Å². The van der Waals surface area contributed by atoms with Gasteiger partial charge in [0.1, 0.15) is 5.82 Å². The summed E-state index contributed by atoms with van der Waals surface area (Å²) in [4.78, 5) is 12.0. The van der Waals surface area contributed by atoms with E-state index in [-0.39, 0.29) is 18.1 Å². The summed E-state index contributed by atoms with van der Waals surface area (Å²) < 4.78 is 24.8. The van der Waals surface area contributed by atoms with E-state index in [1.807, 2.05) is 6.07 Å². The zero-order valence-electron chi connectivity index (χ0n) is 13.7. The first-order valence-electron chi connectivity index (χ1n) is 8.21. The van der Waals surface area contributed by atoms with Crippen LogP contribution in [0.1, 0.15) is 24.0 Å². The van der Waals surface area contributed by atoms with E-state index in [2.05, 4.69) is 5.32 Å². The topological polar surface area (TPSA) is 47.6 Å². The molecule has 4 nitrogen and oxygen atoms in total. The second kappa shape index (κ2) is 8.21. The normalized spacial score (nSPS) is 13.2. The zero-order chi connectivity index (χ0) is 17.6. The number of ether oxygens (including phenoxy) is 2. The van der Waals surface area contributed by atoms with Crippen molar-refractivity contribution in [1.82, 2.24) is 5.32 Å². The molecule has 0 aromatic heterocycles. The lowest BCUT2D eigenvalue weighted by molar-refractivity contribution is -0.121. The third-order valence-electron chi connectivity index (χ3n) is 3.93. The maximum atomic E-state index is 13.6. The average Bonchev–Trinajstić information content (AvgIpc) is 2.85. The first-order chi connectivity index (χ1) is 12.1. The molecule has 132 valence electrons. The molecule has 0 saturated heterocycles. The number of halogens is 2. The van der Waals surface area contributed by atoms with Gasteiger partial charge < -0.3 is 14.8 Å². The molecule has 0 bridgehead atoms. The van der Waals surface area contributed by atoms with E-state index < -0.39 is 0 Å². The van der Waals surface area contributed by atoms with Gasteiger partial charge >= 0.3 is 0 Å². The van der Waals surface area contributed by atoms with E-state index in [0.29, 0.717) is 48.3 Å². The Morgan fingerprint density at radius 2 is 2.00 bits per heavy atom. The fourth-order valence-corrected chi connectivity index (χ4v) is 2.91. The molecule has 1 heterocycles. The largest absolute Gasteiger partial charge is 0.489 e. The standard InChI is InChI=1S/C19H19ClFNO3/c20-15-10-13(11-17-19(15)25-9-3-8-24-17)12-22-18(23)7-6-14-4-1-2-5-16(14)21/h1-2,4-5,10-11H,3,6-9,12H2,(H,22,23). The first-order valence-corrected chi connectivity index (χ1v) is 8.59. The number of carbonyl (C=O) groups is 1. The molecule has 25 heavy (non-hydrogen) atoms. The lowest BCUT2D eigenvalue weighted by Gasteiger charge is -2.12. The zero-order valence-corrected chi connectivity index (χ0v) is 14.4. The quantitative estimate of drug-likeness (QED) is 0.876. The second-order valence-corrected chi connectivity index (χ2v) is 6.23. The molecule has 0 unspecified atom stereocenters. The molecule has 0 spiro atoms. The van der Waals surface area contributed by atoms with E-state index in [4.69, 9.17) is 21.1 Å². The van der Waals surface area contributed by atoms with E-state index in [9.17, 15) is 9.18 Å². The predicted octanol–water partition coefficient (Wildman–Crippen LogP) is 3.89. The minimum atomic E-state index is -0.287. The van der Waals surface area contributed by atoms with Crippen molar-refractivity contribution in [3.63, 3.8) is 0 Å². The Morgan fingerprint density at radius 3 is 2.84 bits per heavy atom. The van der Waals surface area contributed by atoms with Crippen molar-refractivity contribution in [2.75, 3.05) is 13.2 Å². The molecule has 1 amide bonds. The van der Waals surface area contributed by atoms with E-state index in [1.54, 1.807) is 24.3 Å². The van der Waals surface area contributed by atoms with Crippen molar-refractivity contribution in [2.24, 2.45) is 0 Å². The van der Waals surface area contributed by atoms with Gasteiger partial charge in [0.25, 0.3) is 0 Å². The highest BCUT2D eigenvalue weighted by molar-refractivity contribution is 6.32. The van der Waals surface area contributed by atoms with E-state index >= 15 is 0 Å². The molecule has 1 N–H and O–H groups in total. The van der Waals surface area contributed by atoms with Crippen molar-refractivity contribution >= 4 is 17.5 Å². The molecule has 6 heteroatoms. The van der Waals surface area contributed by atoms with Crippen LogP contribution in [0.5, 0.6) is 11.5 Å². The summed E-state index contributed by atoms with van der Waals surface area (Å²) in [6, 6.07) is 10.1. The van der Waals surface area contributed by atoms with Gasteiger partial charge in [-0.3, -0.25) is 4.79 Å². The molecule has 2 aromatic carbocycles. The Morgan fingerprint density at radius 1 is 1.20 bits per heavy atom. The fourth-order valence-electron chi connectivity index (χ4n) is 2.62. The van der Waals surface area contributed by atoms with Crippen LogP contribution in [0.3, 0.4) is 0 Å². The summed E-state index contributed by atoms with van der Waals surface area (Å²) in [5.74, 6) is 0.714. The highest BCUT2D eigenvalue weighted by Crippen LogP contribution is 2.37. The van der Waals surface area contributed by atoms with Gasteiger partial charge in [0.2, 0.25) is 5.91 Å². The van der Waals surface area contributed by atoms with Gasteiger partial charge in [-0.15, -0.1) is 0 Å². The molecular weight excluding hydrogens is 345 g/mol. The molecule has 0 atom stereocenters. The van der Waals surface area contributed by atoms with Gasteiger partial charge in [-0.25, -0.2) is 4.39 Å². The van der Waals surface area contributed by atoms with E-state index in [0.717, 1.165) is 12.0 Å². The SMILES string of the molecule is O=C(CCc1ccccc1F)NCc1cc(Cl)c2c(c1)OCCCO2. The van der Waals surface area contributed by atoms with Crippen LogP contribution >= 0.6 is 11.6 Å². The number of aryl methyl sites for hydroxylation is 1. The third-order valence-corrected chi connectivity index (χ3v) is 4.21. The minimum absolute atomic E-state index is 0.147. The van der Waals surface area contributed by atoms with Gasteiger partial charge in [0, 0.05) is 19.4 Å². The van der Waals surface area contributed by atoms with Crippen LogP contribution < -0.4 is 14.8 Å². The number of nitrogens with one attached hydrogen (secondary N) is 1. The van der Waals surface area contributed by atoms with Crippen molar-refractivity contribution in [3.8, 4) is 11.5 Å². The van der Waals surface area contributed by atoms with Crippen LogP contribution in [0.4, 0.5) is 4.39 Å². The minimum Gasteiger partial charge on any atom is -0.489 e. The van der Waals surface area contributed by atoms with Crippen LogP contribution in [0.2, 0.25) is 5.02 Å². The van der Waals surface area contributed by atoms with Gasteiger partial charge in [-0.05, 0) is 35.7 Å². The molecule has 1 aliphatic heterocycles. The smallest absolute Gasteiger partial charge is 0.220 e. The number of rotatable bonds is 5. The Kier molecular flexibility index (Phi) is 5.76. The number of carbonyl (C=O) groups excluding carboxylic acids is 1. The molecule has 0 saturated carbocycles. The van der Waals surface area contributed by atoms with Gasteiger partial charge in [0.05, 0.1) is 18.2 Å². The summed E-state index contributed by atoms with van der Waals surface area (Å²) in [6.07, 6.45) is 1.38. The van der Waals surface area contributed by atoms with Gasteiger partial charge in [0.15, 0.2) is 11.5 Å². The van der Waals surface area contributed by atoms with Crippen molar-refractivity contribution < 1.29 is 18.7 Å². The van der Waals surface area contributed by atoms with Crippen LogP contribution in [-0.4, -0.2) is 19.1 Å². The Balaban J connectivity index is 1.56. The highest BCUT2D eigenvalue weighted by atomic mass is 35.5. The molecule has 2 aromatic rings. The number of fused-ring (bicyclic) bond motifs is 1. The van der Waals surface area contributed by atoms with Crippen LogP contribution in [-0.2, 0) is 17.8 Å². The molecule has 0 aliphatic carbocycles. The van der Waals surface area contributed by atoms with Crippen LogP contribution in [0, 0.1) is 5.82 Å². The maximum Gasteiger partial charge on any atom is 0.220 e.